The maximum atomic E-state index is 14.0. The third-order valence-corrected chi connectivity index (χ3v) is 3.19. The Hall–Kier alpha value is -1.79. The summed E-state index contributed by atoms with van der Waals surface area (Å²) in [7, 11) is 1.77. The zero-order valence-corrected chi connectivity index (χ0v) is 12.9. The number of ether oxygens (including phenoxy) is 2. The molecule has 2 atom stereocenters. The maximum Gasteiger partial charge on any atom is 0.410 e. The van der Waals surface area contributed by atoms with E-state index < -0.39 is 23.9 Å². The van der Waals surface area contributed by atoms with Crippen LogP contribution in [0.4, 0.5) is 9.18 Å². The highest BCUT2D eigenvalue weighted by Gasteiger charge is 2.39. The molecule has 0 bridgehead atoms. The van der Waals surface area contributed by atoms with Crippen LogP contribution in [0.1, 0.15) is 27.2 Å². The van der Waals surface area contributed by atoms with Gasteiger partial charge in [0.05, 0.1) is 12.4 Å². The molecule has 1 aliphatic rings. The lowest BCUT2D eigenvalue weighted by atomic mass is 10.2. The van der Waals surface area contributed by atoms with Crippen LogP contribution in [0.25, 0.3) is 0 Å². The van der Waals surface area contributed by atoms with E-state index in [1.807, 2.05) is 0 Å². The van der Waals surface area contributed by atoms with E-state index in [2.05, 4.69) is 5.10 Å². The van der Waals surface area contributed by atoms with Crippen molar-refractivity contribution in [2.24, 2.45) is 7.05 Å². The third-order valence-electron chi connectivity index (χ3n) is 3.19. The van der Waals surface area contributed by atoms with E-state index >= 15 is 0 Å². The fourth-order valence-corrected chi connectivity index (χ4v) is 2.21. The molecule has 0 N–H and O–H groups in total. The number of carbonyl (C=O) groups is 1. The average Bonchev–Trinajstić information content (AvgIpc) is 2.91. The van der Waals surface area contributed by atoms with Crippen molar-refractivity contribution in [1.82, 2.24) is 14.7 Å². The standard InChI is InChI=1S/C14H22FN3O3/c1-14(2,3)21-13(19)18-6-5-11(15)12(18)9-20-10-7-16-17(4)8-10/h7-8,11-12H,5-6,9H2,1-4H3/t11-,12+/m1/s1. The second kappa shape index (κ2) is 5.91. The maximum absolute atomic E-state index is 14.0. The molecule has 118 valence electrons. The number of carbonyl (C=O) groups excluding carboxylic acids is 1. The molecular formula is C14H22FN3O3. The van der Waals surface area contributed by atoms with Crippen molar-refractivity contribution in [2.75, 3.05) is 13.2 Å². The summed E-state index contributed by atoms with van der Waals surface area (Å²) < 4.78 is 26.4. The first-order chi connectivity index (χ1) is 9.76. The monoisotopic (exact) mass is 299 g/mol. The van der Waals surface area contributed by atoms with Crippen LogP contribution in [0.2, 0.25) is 0 Å². The van der Waals surface area contributed by atoms with Crippen molar-refractivity contribution >= 4 is 6.09 Å². The van der Waals surface area contributed by atoms with E-state index in [9.17, 15) is 9.18 Å². The lowest BCUT2D eigenvalue weighted by Gasteiger charge is -2.28. The summed E-state index contributed by atoms with van der Waals surface area (Å²) in [5.41, 5.74) is -0.597. The second-order valence-corrected chi connectivity index (χ2v) is 6.21. The van der Waals surface area contributed by atoms with Crippen molar-refractivity contribution in [3.8, 4) is 5.75 Å². The number of alkyl halides is 1. The summed E-state index contributed by atoms with van der Waals surface area (Å²) >= 11 is 0. The first-order valence-electron chi connectivity index (χ1n) is 7.01. The highest BCUT2D eigenvalue weighted by molar-refractivity contribution is 5.69. The van der Waals surface area contributed by atoms with E-state index in [1.54, 1.807) is 44.9 Å². The highest BCUT2D eigenvalue weighted by atomic mass is 19.1. The lowest BCUT2D eigenvalue weighted by molar-refractivity contribution is 0.0144. The van der Waals surface area contributed by atoms with Crippen molar-refractivity contribution in [2.45, 2.75) is 45.0 Å². The molecule has 0 unspecified atom stereocenters. The molecular weight excluding hydrogens is 277 g/mol. The third kappa shape index (κ3) is 4.09. The topological polar surface area (TPSA) is 56.6 Å². The average molecular weight is 299 g/mol. The van der Waals surface area contributed by atoms with Crippen molar-refractivity contribution < 1.29 is 18.7 Å². The molecule has 1 amide bonds. The zero-order valence-electron chi connectivity index (χ0n) is 12.9. The van der Waals surface area contributed by atoms with Crippen molar-refractivity contribution in [3.63, 3.8) is 0 Å². The Morgan fingerprint density at radius 1 is 1.52 bits per heavy atom. The van der Waals surface area contributed by atoms with Gasteiger partial charge in [-0.15, -0.1) is 0 Å². The fraction of sp³-hybridized carbons (Fsp3) is 0.714. The smallest absolute Gasteiger partial charge is 0.410 e. The van der Waals surface area contributed by atoms with Gasteiger partial charge in [0.25, 0.3) is 0 Å². The number of hydrogen-bond donors (Lipinski definition) is 0. The molecule has 0 aromatic carbocycles. The van der Waals surface area contributed by atoms with Crippen LogP contribution < -0.4 is 4.74 Å². The number of aryl methyl sites for hydroxylation is 1. The number of likely N-dealkylation sites (tertiary alicyclic amines) is 1. The molecule has 0 saturated carbocycles. The Labute approximate surface area is 123 Å². The minimum atomic E-state index is -1.10. The number of aromatic nitrogens is 2. The first-order valence-corrected chi connectivity index (χ1v) is 7.01. The molecule has 6 nitrogen and oxygen atoms in total. The predicted molar refractivity (Wildman–Crippen MR) is 74.9 cm³/mol. The highest BCUT2D eigenvalue weighted by Crippen LogP contribution is 2.24. The minimum absolute atomic E-state index is 0.0894. The molecule has 0 radical (unpaired) electrons. The summed E-state index contributed by atoms with van der Waals surface area (Å²) in [6, 6.07) is -0.625. The molecule has 2 rings (SSSR count). The Kier molecular flexibility index (Phi) is 4.39. The number of amides is 1. The van der Waals surface area contributed by atoms with Gasteiger partial charge in [-0.3, -0.25) is 9.58 Å². The first kappa shape index (κ1) is 15.6. The van der Waals surface area contributed by atoms with Crippen LogP contribution in [-0.2, 0) is 11.8 Å². The van der Waals surface area contributed by atoms with Gasteiger partial charge in [-0.1, -0.05) is 0 Å². The van der Waals surface area contributed by atoms with E-state index in [4.69, 9.17) is 9.47 Å². The number of halogens is 1. The van der Waals surface area contributed by atoms with Crippen molar-refractivity contribution in [1.29, 1.82) is 0 Å². The summed E-state index contributed by atoms with van der Waals surface area (Å²) in [4.78, 5) is 13.5. The van der Waals surface area contributed by atoms with Crippen LogP contribution in [0.5, 0.6) is 5.75 Å². The fourth-order valence-electron chi connectivity index (χ4n) is 2.21. The van der Waals surface area contributed by atoms with Gasteiger partial charge in [0.2, 0.25) is 0 Å². The van der Waals surface area contributed by atoms with Gasteiger partial charge in [-0.05, 0) is 27.2 Å². The van der Waals surface area contributed by atoms with E-state index in [1.165, 1.54) is 4.90 Å². The van der Waals surface area contributed by atoms with E-state index in [0.717, 1.165) is 0 Å². The lowest BCUT2D eigenvalue weighted by Crippen LogP contribution is -2.44. The van der Waals surface area contributed by atoms with Crippen LogP contribution in [0.15, 0.2) is 12.4 Å². The molecule has 1 aromatic heterocycles. The number of nitrogens with zero attached hydrogens (tertiary/aromatic N) is 3. The number of hydrogen-bond acceptors (Lipinski definition) is 4. The molecule has 0 aliphatic carbocycles. The Bertz CT molecular complexity index is 498. The Morgan fingerprint density at radius 2 is 2.24 bits per heavy atom. The molecule has 1 aromatic rings. The van der Waals surface area contributed by atoms with E-state index in [-0.39, 0.29) is 6.61 Å². The van der Waals surface area contributed by atoms with Gasteiger partial charge in [-0.2, -0.15) is 5.10 Å². The van der Waals surface area contributed by atoms with Crippen molar-refractivity contribution in [3.05, 3.63) is 12.4 Å². The van der Waals surface area contributed by atoms with Gasteiger partial charge < -0.3 is 9.47 Å². The summed E-state index contributed by atoms with van der Waals surface area (Å²) in [6.07, 6.45) is 1.96. The van der Waals surface area contributed by atoms with Crippen LogP contribution in [0.3, 0.4) is 0 Å². The van der Waals surface area contributed by atoms with Gasteiger partial charge in [0.15, 0.2) is 5.75 Å². The zero-order chi connectivity index (χ0) is 15.6. The Balaban J connectivity index is 1.96. The minimum Gasteiger partial charge on any atom is -0.488 e. The van der Waals surface area contributed by atoms with E-state index in [0.29, 0.717) is 18.7 Å². The van der Waals surface area contributed by atoms with Crippen LogP contribution in [0, 0.1) is 0 Å². The number of rotatable bonds is 3. The molecule has 7 heteroatoms. The van der Waals surface area contributed by atoms with Gasteiger partial charge in [0.1, 0.15) is 24.4 Å². The van der Waals surface area contributed by atoms with Gasteiger partial charge >= 0.3 is 6.09 Å². The summed E-state index contributed by atoms with van der Waals surface area (Å²) in [5.74, 6) is 0.556. The predicted octanol–water partition coefficient (Wildman–Crippen LogP) is 2.15. The van der Waals surface area contributed by atoms with Crippen LogP contribution >= 0.6 is 0 Å². The molecule has 0 spiro atoms. The largest absolute Gasteiger partial charge is 0.488 e. The van der Waals surface area contributed by atoms with Gasteiger partial charge in [0, 0.05) is 13.6 Å². The summed E-state index contributed by atoms with van der Waals surface area (Å²) in [5, 5.41) is 3.98. The molecule has 21 heavy (non-hydrogen) atoms. The second-order valence-electron chi connectivity index (χ2n) is 6.21. The molecule has 1 fully saturated rings. The Morgan fingerprint density at radius 3 is 2.81 bits per heavy atom. The summed E-state index contributed by atoms with van der Waals surface area (Å²) in [6.45, 7) is 5.79. The van der Waals surface area contributed by atoms with Gasteiger partial charge in [-0.25, -0.2) is 9.18 Å². The quantitative estimate of drug-likeness (QED) is 0.858. The normalized spacial score (nSPS) is 22.4. The molecule has 2 heterocycles. The van der Waals surface area contributed by atoms with Crippen LogP contribution in [-0.4, -0.2) is 51.7 Å². The molecule has 1 saturated heterocycles. The molecule has 1 aliphatic heterocycles. The SMILES string of the molecule is Cn1cc(OC[C@H]2[C@H](F)CCN2C(=O)OC(C)(C)C)cn1.